The minimum absolute atomic E-state index is 0.0240. The van der Waals surface area contributed by atoms with Crippen LogP contribution in [0.1, 0.15) is 12.5 Å². The molecule has 0 saturated heterocycles. The fourth-order valence-electron chi connectivity index (χ4n) is 1.61. The average Bonchev–Trinajstić information content (AvgIpc) is 2.46. The number of hydrazone groups is 1. The molecule has 0 aliphatic heterocycles. The van der Waals surface area contributed by atoms with Crippen molar-refractivity contribution in [1.82, 2.24) is 0 Å². The molecule has 2 aromatic rings. The second kappa shape index (κ2) is 6.08. The van der Waals surface area contributed by atoms with E-state index in [9.17, 15) is 18.9 Å². The third kappa shape index (κ3) is 3.59. The second-order valence-corrected chi connectivity index (χ2v) is 4.24. The minimum Gasteiger partial charge on any atom is -0.275 e. The molecule has 7 heteroatoms. The van der Waals surface area contributed by atoms with Crippen molar-refractivity contribution in [1.29, 1.82) is 0 Å². The summed E-state index contributed by atoms with van der Waals surface area (Å²) in [6.45, 7) is 1.66. The van der Waals surface area contributed by atoms with Crippen molar-refractivity contribution < 1.29 is 13.7 Å². The van der Waals surface area contributed by atoms with Crippen molar-refractivity contribution in [3.63, 3.8) is 0 Å². The zero-order chi connectivity index (χ0) is 15.4. The van der Waals surface area contributed by atoms with E-state index in [2.05, 4.69) is 10.5 Å². The Morgan fingerprint density at radius 1 is 1.19 bits per heavy atom. The fourth-order valence-corrected chi connectivity index (χ4v) is 1.61. The number of rotatable bonds is 4. The number of anilines is 1. The monoisotopic (exact) mass is 291 g/mol. The first kappa shape index (κ1) is 14.6. The van der Waals surface area contributed by atoms with E-state index in [4.69, 9.17) is 0 Å². The van der Waals surface area contributed by atoms with Gasteiger partial charge in [0.05, 0.1) is 16.3 Å². The lowest BCUT2D eigenvalue weighted by molar-refractivity contribution is -0.384. The number of benzene rings is 2. The van der Waals surface area contributed by atoms with Gasteiger partial charge in [-0.1, -0.05) is 0 Å². The first-order valence-corrected chi connectivity index (χ1v) is 5.97. The molecule has 0 unspecified atom stereocenters. The van der Waals surface area contributed by atoms with Crippen LogP contribution in [0.25, 0.3) is 0 Å². The Morgan fingerprint density at radius 2 is 1.86 bits per heavy atom. The number of nitrogens with zero attached hydrogens (tertiary/aromatic N) is 2. The van der Waals surface area contributed by atoms with Gasteiger partial charge in [-0.15, -0.1) is 0 Å². The van der Waals surface area contributed by atoms with E-state index >= 15 is 0 Å². The Labute approximate surface area is 119 Å². The molecule has 21 heavy (non-hydrogen) atoms. The molecular weight excluding hydrogens is 280 g/mol. The maximum Gasteiger partial charge on any atom is 0.269 e. The molecule has 2 aromatic carbocycles. The Hall–Kier alpha value is -2.83. The summed E-state index contributed by atoms with van der Waals surface area (Å²) in [4.78, 5) is 10.1. The van der Waals surface area contributed by atoms with Crippen molar-refractivity contribution >= 4 is 17.1 Å². The lowest BCUT2D eigenvalue weighted by atomic mass is 10.1. The van der Waals surface area contributed by atoms with Crippen LogP contribution in [0, 0.1) is 21.7 Å². The molecule has 1 N–H and O–H groups in total. The van der Waals surface area contributed by atoms with Gasteiger partial charge >= 0.3 is 0 Å². The summed E-state index contributed by atoms with van der Waals surface area (Å²) in [6.07, 6.45) is 0. The number of halogens is 2. The summed E-state index contributed by atoms with van der Waals surface area (Å²) in [5.41, 5.74) is 3.66. The summed E-state index contributed by atoms with van der Waals surface area (Å²) >= 11 is 0. The largest absolute Gasteiger partial charge is 0.275 e. The molecule has 0 radical (unpaired) electrons. The molecule has 2 rings (SSSR count). The number of nitrogens with one attached hydrogen (secondary N) is 1. The third-order valence-electron chi connectivity index (χ3n) is 2.77. The zero-order valence-electron chi connectivity index (χ0n) is 11.0. The fraction of sp³-hybridized carbons (Fsp3) is 0.0714. The van der Waals surface area contributed by atoms with E-state index < -0.39 is 16.6 Å². The minimum atomic E-state index is -0.754. The molecule has 0 spiro atoms. The first-order chi connectivity index (χ1) is 9.97. The van der Waals surface area contributed by atoms with Crippen molar-refractivity contribution in [2.24, 2.45) is 5.10 Å². The van der Waals surface area contributed by atoms with E-state index in [0.717, 1.165) is 12.1 Å². The summed E-state index contributed by atoms with van der Waals surface area (Å²) < 4.78 is 26.2. The van der Waals surface area contributed by atoms with Crippen LogP contribution in [0.4, 0.5) is 20.2 Å². The predicted octanol–water partition coefficient (Wildman–Crippen LogP) is 3.71. The van der Waals surface area contributed by atoms with Gasteiger partial charge in [0.15, 0.2) is 5.82 Å². The lowest BCUT2D eigenvalue weighted by Crippen LogP contribution is -2.01. The number of hydrogen-bond donors (Lipinski definition) is 1. The molecule has 0 saturated carbocycles. The van der Waals surface area contributed by atoms with Gasteiger partial charge in [-0.3, -0.25) is 15.5 Å². The van der Waals surface area contributed by atoms with Crippen LogP contribution < -0.4 is 5.43 Å². The van der Waals surface area contributed by atoms with Crippen molar-refractivity contribution in [3.05, 3.63) is 69.8 Å². The Morgan fingerprint density at radius 3 is 2.43 bits per heavy atom. The van der Waals surface area contributed by atoms with Crippen LogP contribution in [-0.4, -0.2) is 10.6 Å². The maximum atomic E-state index is 13.4. The van der Waals surface area contributed by atoms with E-state index in [0.29, 0.717) is 11.3 Å². The standard InChI is InChI=1S/C14H11F2N3O2/c1-9(10-2-5-12(6-3-10)19(20)21)17-18-14-7-4-11(15)8-13(14)16/h2-8,18H,1H3/b17-9+. The summed E-state index contributed by atoms with van der Waals surface area (Å²) in [7, 11) is 0. The van der Waals surface area contributed by atoms with Crippen molar-refractivity contribution in [2.75, 3.05) is 5.43 Å². The van der Waals surface area contributed by atoms with Crippen LogP contribution in [0.15, 0.2) is 47.6 Å². The average molecular weight is 291 g/mol. The van der Waals surface area contributed by atoms with Crippen LogP contribution in [-0.2, 0) is 0 Å². The number of nitro groups is 1. The zero-order valence-corrected chi connectivity index (χ0v) is 11.0. The summed E-state index contributed by atoms with van der Waals surface area (Å²) in [6, 6.07) is 8.89. The number of non-ortho nitro benzene ring substituents is 1. The quantitative estimate of drug-likeness (QED) is 0.530. The highest BCUT2D eigenvalue weighted by Crippen LogP contribution is 2.16. The van der Waals surface area contributed by atoms with Gasteiger partial charge in [-0.2, -0.15) is 5.10 Å². The van der Waals surface area contributed by atoms with Gasteiger partial charge in [0.1, 0.15) is 5.82 Å². The van der Waals surface area contributed by atoms with Gasteiger partial charge in [0.2, 0.25) is 0 Å². The van der Waals surface area contributed by atoms with Crippen LogP contribution in [0.5, 0.6) is 0 Å². The highest BCUT2D eigenvalue weighted by atomic mass is 19.1. The molecule has 0 heterocycles. The molecule has 5 nitrogen and oxygen atoms in total. The van der Waals surface area contributed by atoms with E-state index in [1.807, 2.05) is 0 Å². The third-order valence-corrected chi connectivity index (χ3v) is 2.77. The van der Waals surface area contributed by atoms with Gasteiger partial charge < -0.3 is 0 Å². The molecule has 0 amide bonds. The predicted molar refractivity (Wildman–Crippen MR) is 75.3 cm³/mol. The first-order valence-electron chi connectivity index (χ1n) is 5.97. The van der Waals surface area contributed by atoms with Crippen LogP contribution in [0.3, 0.4) is 0 Å². The molecule has 0 fully saturated rings. The molecular formula is C14H11F2N3O2. The second-order valence-electron chi connectivity index (χ2n) is 4.24. The lowest BCUT2D eigenvalue weighted by Gasteiger charge is -2.05. The Balaban J connectivity index is 2.15. The molecule has 108 valence electrons. The molecule has 0 aliphatic carbocycles. The number of hydrogen-bond acceptors (Lipinski definition) is 4. The SMILES string of the molecule is C/C(=N\Nc1ccc(F)cc1F)c1ccc([N+](=O)[O-])cc1. The van der Waals surface area contributed by atoms with Gasteiger partial charge in [0, 0.05) is 18.2 Å². The van der Waals surface area contributed by atoms with Gasteiger partial charge in [0.25, 0.3) is 5.69 Å². The van der Waals surface area contributed by atoms with Gasteiger partial charge in [-0.25, -0.2) is 8.78 Å². The summed E-state index contributed by atoms with van der Waals surface area (Å²) in [5, 5.41) is 14.5. The molecule has 0 aliphatic rings. The molecule has 0 atom stereocenters. The van der Waals surface area contributed by atoms with Crippen LogP contribution in [0.2, 0.25) is 0 Å². The summed E-state index contributed by atoms with van der Waals surface area (Å²) in [5.74, 6) is -1.43. The van der Waals surface area contributed by atoms with Crippen molar-refractivity contribution in [2.45, 2.75) is 6.92 Å². The molecule has 0 aromatic heterocycles. The smallest absolute Gasteiger partial charge is 0.269 e. The Kier molecular flexibility index (Phi) is 4.22. The molecule has 0 bridgehead atoms. The topological polar surface area (TPSA) is 67.5 Å². The van der Waals surface area contributed by atoms with Gasteiger partial charge in [-0.05, 0) is 36.8 Å². The highest BCUT2D eigenvalue weighted by Gasteiger charge is 2.06. The maximum absolute atomic E-state index is 13.4. The van der Waals surface area contributed by atoms with E-state index in [-0.39, 0.29) is 11.4 Å². The highest BCUT2D eigenvalue weighted by molar-refractivity contribution is 5.99. The normalized spacial score (nSPS) is 11.3. The van der Waals surface area contributed by atoms with E-state index in [1.165, 1.54) is 18.2 Å². The Bertz CT molecular complexity index is 700. The number of nitro benzene ring substituents is 1. The van der Waals surface area contributed by atoms with E-state index in [1.54, 1.807) is 19.1 Å². The van der Waals surface area contributed by atoms with Crippen LogP contribution >= 0.6 is 0 Å². The van der Waals surface area contributed by atoms with Crippen molar-refractivity contribution in [3.8, 4) is 0 Å².